The molecule has 7 nitrogen and oxygen atoms in total. The van der Waals surface area contributed by atoms with E-state index >= 15 is 0 Å². The number of rotatable bonds is 5. The zero-order valence-electron chi connectivity index (χ0n) is 15.1. The molecule has 1 aromatic carbocycles. The number of hydrogen-bond donors (Lipinski definition) is 1. The van der Waals surface area contributed by atoms with E-state index in [0.717, 1.165) is 29.8 Å². The molecule has 1 aliphatic carbocycles. The number of amides is 2. The molecule has 0 spiro atoms. The van der Waals surface area contributed by atoms with E-state index in [1.165, 1.54) is 12.8 Å². The molecule has 3 aromatic rings. The van der Waals surface area contributed by atoms with Crippen molar-refractivity contribution in [3.05, 3.63) is 46.9 Å². The van der Waals surface area contributed by atoms with Gasteiger partial charge < -0.3 is 14.7 Å². The van der Waals surface area contributed by atoms with Gasteiger partial charge in [0.05, 0.1) is 17.7 Å². The van der Waals surface area contributed by atoms with Crippen LogP contribution in [-0.2, 0) is 6.54 Å². The van der Waals surface area contributed by atoms with Gasteiger partial charge in [-0.2, -0.15) is 4.98 Å². The average Bonchev–Trinajstić information content (AvgIpc) is 3.43. The predicted octanol–water partition coefficient (Wildman–Crippen LogP) is 4.51. The third-order valence-corrected chi connectivity index (χ3v) is 5.34. The summed E-state index contributed by atoms with van der Waals surface area (Å²) in [6.45, 7) is 0.299. The molecule has 1 saturated carbocycles. The molecule has 0 aliphatic heterocycles. The number of benzene rings is 1. The lowest BCUT2D eigenvalue weighted by atomic mass is 10.1. The van der Waals surface area contributed by atoms with Gasteiger partial charge in [0.2, 0.25) is 5.89 Å². The molecule has 1 aliphatic rings. The Balaban J connectivity index is 1.37. The lowest BCUT2D eigenvalue weighted by Crippen LogP contribution is -2.31. The van der Waals surface area contributed by atoms with Crippen molar-refractivity contribution in [2.45, 2.75) is 38.1 Å². The Bertz CT molecular complexity index is 902. The third-order valence-electron chi connectivity index (χ3n) is 4.76. The minimum atomic E-state index is -0.224. The molecule has 0 atom stereocenters. The molecule has 1 fully saturated rings. The van der Waals surface area contributed by atoms with Gasteiger partial charge in [0, 0.05) is 29.6 Å². The van der Waals surface area contributed by atoms with Crippen molar-refractivity contribution in [1.82, 2.24) is 20.0 Å². The van der Waals surface area contributed by atoms with Crippen LogP contribution in [0.2, 0.25) is 0 Å². The first-order chi connectivity index (χ1) is 13.2. The van der Waals surface area contributed by atoms with Crippen LogP contribution < -0.4 is 5.32 Å². The molecule has 2 heterocycles. The van der Waals surface area contributed by atoms with Crippen LogP contribution in [0, 0.1) is 0 Å². The van der Waals surface area contributed by atoms with Crippen LogP contribution in [0.5, 0.6) is 0 Å². The quantitative estimate of drug-likeness (QED) is 0.700. The highest BCUT2D eigenvalue weighted by molar-refractivity contribution is 7.07. The first kappa shape index (κ1) is 17.7. The molecule has 8 heteroatoms. The highest BCUT2D eigenvalue weighted by atomic mass is 32.1. The van der Waals surface area contributed by atoms with Gasteiger partial charge in [-0.25, -0.2) is 9.78 Å². The summed E-state index contributed by atoms with van der Waals surface area (Å²) in [5, 5.41) is 8.90. The third kappa shape index (κ3) is 4.16. The van der Waals surface area contributed by atoms with Gasteiger partial charge in [0.15, 0.2) is 5.82 Å². The SMILES string of the molecule is CN(Cc1noc(C2CCCC2)n1)C(=O)Nc1cccc(-c2cscn2)c1. The minimum Gasteiger partial charge on any atom is -0.339 e. The molecular weight excluding hydrogens is 362 g/mol. The Morgan fingerprint density at radius 3 is 3.00 bits per heavy atom. The van der Waals surface area contributed by atoms with Gasteiger partial charge in [0.25, 0.3) is 0 Å². The normalized spacial score (nSPS) is 14.4. The summed E-state index contributed by atoms with van der Waals surface area (Å²) < 4.78 is 5.38. The van der Waals surface area contributed by atoms with E-state index < -0.39 is 0 Å². The smallest absolute Gasteiger partial charge is 0.321 e. The fourth-order valence-electron chi connectivity index (χ4n) is 3.28. The largest absolute Gasteiger partial charge is 0.339 e. The van der Waals surface area contributed by atoms with Gasteiger partial charge in [0.1, 0.15) is 0 Å². The Hall–Kier alpha value is -2.74. The molecule has 1 N–H and O–H groups in total. The number of urea groups is 1. The summed E-state index contributed by atoms with van der Waals surface area (Å²) in [4.78, 5) is 22.8. The molecule has 2 amide bonds. The summed E-state index contributed by atoms with van der Waals surface area (Å²) in [6, 6.07) is 7.41. The Morgan fingerprint density at radius 2 is 2.22 bits per heavy atom. The van der Waals surface area contributed by atoms with Crippen molar-refractivity contribution in [2.75, 3.05) is 12.4 Å². The van der Waals surface area contributed by atoms with Gasteiger partial charge in [-0.1, -0.05) is 30.1 Å². The molecule has 140 valence electrons. The monoisotopic (exact) mass is 383 g/mol. The zero-order valence-corrected chi connectivity index (χ0v) is 15.9. The molecule has 0 saturated heterocycles. The maximum absolute atomic E-state index is 12.5. The van der Waals surface area contributed by atoms with E-state index in [1.807, 2.05) is 29.6 Å². The van der Waals surface area contributed by atoms with E-state index in [4.69, 9.17) is 4.52 Å². The fourth-order valence-corrected chi connectivity index (χ4v) is 3.85. The van der Waals surface area contributed by atoms with Gasteiger partial charge >= 0.3 is 6.03 Å². The van der Waals surface area contributed by atoms with Crippen molar-refractivity contribution in [1.29, 1.82) is 0 Å². The second kappa shape index (κ2) is 7.87. The first-order valence-corrected chi connectivity index (χ1v) is 9.96. The van der Waals surface area contributed by atoms with Crippen LogP contribution in [0.3, 0.4) is 0 Å². The summed E-state index contributed by atoms with van der Waals surface area (Å²) in [5.41, 5.74) is 4.38. The van der Waals surface area contributed by atoms with Crippen molar-refractivity contribution in [3.8, 4) is 11.3 Å². The topological polar surface area (TPSA) is 84.2 Å². The number of carbonyl (C=O) groups excluding carboxylic acids is 1. The molecule has 4 rings (SSSR count). The van der Waals surface area contributed by atoms with E-state index in [-0.39, 0.29) is 6.03 Å². The van der Waals surface area contributed by atoms with Crippen LogP contribution in [-0.4, -0.2) is 33.1 Å². The van der Waals surface area contributed by atoms with Crippen molar-refractivity contribution < 1.29 is 9.32 Å². The maximum atomic E-state index is 12.5. The van der Waals surface area contributed by atoms with E-state index in [9.17, 15) is 4.79 Å². The van der Waals surface area contributed by atoms with Crippen LogP contribution >= 0.6 is 11.3 Å². The van der Waals surface area contributed by atoms with E-state index in [0.29, 0.717) is 24.2 Å². The van der Waals surface area contributed by atoms with Crippen LogP contribution in [0.4, 0.5) is 10.5 Å². The number of carbonyl (C=O) groups is 1. The number of aromatic nitrogens is 3. The van der Waals surface area contributed by atoms with Crippen molar-refractivity contribution in [3.63, 3.8) is 0 Å². The van der Waals surface area contributed by atoms with Crippen molar-refractivity contribution >= 4 is 23.1 Å². The second-order valence-electron chi connectivity index (χ2n) is 6.77. The highest BCUT2D eigenvalue weighted by Crippen LogP contribution is 2.33. The van der Waals surface area contributed by atoms with Gasteiger partial charge in [-0.05, 0) is 25.0 Å². The number of anilines is 1. The van der Waals surface area contributed by atoms with Crippen molar-refractivity contribution in [2.24, 2.45) is 0 Å². The molecule has 27 heavy (non-hydrogen) atoms. The number of hydrogen-bond acceptors (Lipinski definition) is 6. The minimum absolute atomic E-state index is 0.224. The molecular formula is C19H21N5O2S. The van der Waals surface area contributed by atoms with E-state index in [1.54, 1.807) is 28.8 Å². The number of nitrogens with zero attached hydrogens (tertiary/aromatic N) is 4. The molecule has 0 radical (unpaired) electrons. The van der Waals surface area contributed by atoms with E-state index in [2.05, 4.69) is 20.4 Å². The second-order valence-corrected chi connectivity index (χ2v) is 7.49. The summed E-state index contributed by atoms with van der Waals surface area (Å²) in [7, 11) is 1.71. The van der Waals surface area contributed by atoms with Crippen LogP contribution in [0.1, 0.15) is 43.3 Å². The van der Waals surface area contributed by atoms with Gasteiger partial charge in [-0.3, -0.25) is 0 Å². The average molecular weight is 383 g/mol. The number of nitrogens with one attached hydrogen (secondary N) is 1. The highest BCUT2D eigenvalue weighted by Gasteiger charge is 2.23. The summed E-state index contributed by atoms with van der Waals surface area (Å²) >= 11 is 1.54. The number of thiazole rings is 1. The molecule has 0 unspecified atom stereocenters. The van der Waals surface area contributed by atoms with Crippen LogP contribution in [0.15, 0.2) is 39.7 Å². The maximum Gasteiger partial charge on any atom is 0.321 e. The van der Waals surface area contributed by atoms with Gasteiger partial charge in [-0.15, -0.1) is 11.3 Å². The fraction of sp³-hybridized carbons (Fsp3) is 0.368. The lowest BCUT2D eigenvalue weighted by Gasteiger charge is -2.16. The zero-order chi connectivity index (χ0) is 18.6. The van der Waals surface area contributed by atoms with Crippen LogP contribution in [0.25, 0.3) is 11.3 Å². The first-order valence-electron chi connectivity index (χ1n) is 9.02. The summed E-state index contributed by atoms with van der Waals surface area (Å²) in [5.74, 6) is 1.61. The molecule has 0 bridgehead atoms. The Labute approximate surface area is 161 Å². The lowest BCUT2D eigenvalue weighted by molar-refractivity contribution is 0.219. The summed E-state index contributed by atoms with van der Waals surface area (Å²) in [6.07, 6.45) is 4.63. The standard InChI is InChI=1S/C19H21N5O2S/c1-24(10-17-22-18(26-23-17)13-5-2-3-6-13)19(25)21-15-8-4-7-14(9-15)16-11-27-12-20-16/h4,7-9,11-13H,2-3,5-6,10H2,1H3,(H,21,25). The molecule has 2 aromatic heterocycles. The Morgan fingerprint density at radius 1 is 1.37 bits per heavy atom. The Kier molecular flexibility index (Phi) is 5.15. The predicted molar refractivity (Wildman–Crippen MR) is 104 cm³/mol.